The Kier molecular flexibility index (Phi) is 5.16. The summed E-state index contributed by atoms with van der Waals surface area (Å²) in [7, 11) is 0. The van der Waals surface area contributed by atoms with Crippen molar-refractivity contribution in [2.75, 3.05) is 13.1 Å². The third-order valence-electron chi connectivity index (χ3n) is 3.75. The molecule has 0 aliphatic heterocycles. The number of nitrogens with one attached hydrogen (secondary N) is 2. The quantitative estimate of drug-likeness (QED) is 0.863. The van der Waals surface area contributed by atoms with Gasteiger partial charge in [-0.25, -0.2) is 0 Å². The van der Waals surface area contributed by atoms with E-state index in [4.69, 9.17) is 0 Å². The molecule has 2 amide bonds. The minimum Gasteiger partial charge on any atom is -0.354 e. The van der Waals surface area contributed by atoms with Crippen LogP contribution in [-0.2, 0) is 4.79 Å². The van der Waals surface area contributed by atoms with Gasteiger partial charge >= 0.3 is 0 Å². The number of hydrogen-bond donors (Lipinski definition) is 2. The van der Waals surface area contributed by atoms with E-state index in [1.165, 1.54) is 25.7 Å². The largest absolute Gasteiger partial charge is 0.354 e. The van der Waals surface area contributed by atoms with Gasteiger partial charge in [0.05, 0.1) is 6.54 Å². The van der Waals surface area contributed by atoms with Crippen LogP contribution in [0.1, 0.15) is 41.6 Å². The number of carbonyl (C=O) groups excluding carboxylic acids is 2. The van der Waals surface area contributed by atoms with E-state index < -0.39 is 0 Å². The molecule has 0 saturated heterocycles. The van der Waals surface area contributed by atoms with E-state index in [2.05, 4.69) is 10.6 Å². The molecule has 20 heavy (non-hydrogen) atoms. The third kappa shape index (κ3) is 4.37. The van der Waals surface area contributed by atoms with E-state index in [1.54, 1.807) is 6.07 Å². The molecule has 0 bridgehead atoms. The summed E-state index contributed by atoms with van der Waals surface area (Å²) in [5, 5.41) is 5.54. The van der Waals surface area contributed by atoms with Crippen LogP contribution in [0.2, 0.25) is 0 Å². The third-order valence-corrected chi connectivity index (χ3v) is 3.75. The van der Waals surface area contributed by atoms with E-state index in [-0.39, 0.29) is 18.4 Å². The zero-order chi connectivity index (χ0) is 14.4. The van der Waals surface area contributed by atoms with E-state index in [0.717, 1.165) is 12.1 Å². The van der Waals surface area contributed by atoms with E-state index in [0.29, 0.717) is 11.5 Å². The van der Waals surface area contributed by atoms with Crippen molar-refractivity contribution in [2.24, 2.45) is 5.92 Å². The van der Waals surface area contributed by atoms with Crippen LogP contribution in [0.15, 0.2) is 24.3 Å². The van der Waals surface area contributed by atoms with Gasteiger partial charge in [0.2, 0.25) is 5.91 Å². The van der Waals surface area contributed by atoms with Gasteiger partial charge in [-0.15, -0.1) is 0 Å². The van der Waals surface area contributed by atoms with Crippen LogP contribution < -0.4 is 10.6 Å². The molecule has 108 valence electrons. The second kappa shape index (κ2) is 7.08. The predicted molar refractivity (Wildman–Crippen MR) is 78.5 cm³/mol. The van der Waals surface area contributed by atoms with Gasteiger partial charge in [-0.2, -0.15) is 0 Å². The molecule has 2 N–H and O–H groups in total. The van der Waals surface area contributed by atoms with Gasteiger partial charge in [-0.05, 0) is 37.8 Å². The van der Waals surface area contributed by atoms with Crippen molar-refractivity contribution in [3.05, 3.63) is 35.4 Å². The Morgan fingerprint density at radius 1 is 1.20 bits per heavy atom. The van der Waals surface area contributed by atoms with Crippen molar-refractivity contribution in [3.8, 4) is 0 Å². The van der Waals surface area contributed by atoms with Crippen LogP contribution in [0, 0.1) is 12.8 Å². The number of hydrogen-bond acceptors (Lipinski definition) is 2. The topological polar surface area (TPSA) is 58.2 Å². The maximum atomic E-state index is 11.9. The average molecular weight is 274 g/mol. The van der Waals surface area contributed by atoms with Gasteiger partial charge in [-0.1, -0.05) is 30.5 Å². The number of carbonyl (C=O) groups is 2. The summed E-state index contributed by atoms with van der Waals surface area (Å²) < 4.78 is 0. The summed E-state index contributed by atoms with van der Waals surface area (Å²) in [5.74, 6) is 0.300. The minimum absolute atomic E-state index is 0.0412. The van der Waals surface area contributed by atoms with Crippen LogP contribution in [0.5, 0.6) is 0 Å². The fourth-order valence-corrected chi connectivity index (χ4v) is 2.58. The number of amides is 2. The fourth-order valence-electron chi connectivity index (χ4n) is 2.58. The molecule has 1 aromatic carbocycles. The lowest BCUT2D eigenvalue weighted by Gasteiger charge is -2.11. The van der Waals surface area contributed by atoms with Gasteiger partial charge in [0, 0.05) is 12.1 Å². The number of benzene rings is 1. The highest BCUT2D eigenvalue weighted by atomic mass is 16.2. The van der Waals surface area contributed by atoms with Crippen molar-refractivity contribution >= 4 is 11.8 Å². The average Bonchev–Trinajstić information content (AvgIpc) is 2.95. The lowest BCUT2D eigenvalue weighted by Crippen LogP contribution is -2.38. The molecular formula is C16H22N2O2. The monoisotopic (exact) mass is 274 g/mol. The fraction of sp³-hybridized carbons (Fsp3) is 0.500. The summed E-state index contributed by atoms with van der Waals surface area (Å²) >= 11 is 0. The zero-order valence-electron chi connectivity index (χ0n) is 11.9. The molecule has 0 spiro atoms. The van der Waals surface area contributed by atoms with Crippen molar-refractivity contribution in [1.29, 1.82) is 0 Å². The molecule has 1 aliphatic rings. The van der Waals surface area contributed by atoms with Gasteiger partial charge in [-0.3, -0.25) is 9.59 Å². The normalized spacial score (nSPS) is 15.1. The van der Waals surface area contributed by atoms with Crippen LogP contribution in [0.4, 0.5) is 0 Å². The molecule has 0 radical (unpaired) electrons. The highest BCUT2D eigenvalue weighted by Gasteiger charge is 2.15. The Morgan fingerprint density at radius 2 is 1.95 bits per heavy atom. The van der Waals surface area contributed by atoms with Crippen LogP contribution in [0.25, 0.3) is 0 Å². The smallest absolute Gasteiger partial charge is 0.251 e. The molecular weight excluding hydrogens is 252 g/mol. The first kappa shape index (κ1) is 14.6. The summed E-state index contributed by atoms with van der Waals surface area (Å²) in [6.07, 6.45) is 4.95. The standard InChI is InChI=1S/C16H22N2O2/c1-12-5-4-8-14(9-12)16(20)18-11-15(19)17-10-13-6-2-3-7-13/h4-5,8-9,13H,2-3,6-7,10-11H2,1H3,(H,17,19)(H,18,20). The van der Waals surface area contributed by atoms with Gasteiger partial charge < -0.3 is 10.6 Å². The molecule has 0 unspecified atom stereocenters. The van der Waals surface area contributed by atoms with Crippen molar-refractivity contribution < 1.29 is 9.59 Å². The van der Waals surface area contributed by atoms with Crippen molar-refractivity contribution in [1.82, 2.24) is 10.6 Å². The molecule has 4 heteroatoms. The summed E-state index contributed by atoms with van der Waals surface area (Å²) in [6, 6.07) is 7.33. The SMILES string of the molecule is Cc1cccc(C(=O)NCC(=O)NCC2CCCC2)c1. The highest BCUT2D eigenvalue weighted by molar-refractivity contribution is 5.96. The highest BCUT2D eigenvalue weighted by Crippen LogP contribution is 2.23. The molecule has 0 heterocycles. The number of rotatable bonds is 5. The van der Waals surface area contributed by atoms with E-state index in [1.807, 2.05) is 25.1 Å². The molecule has 2 rings (SSSR count). The molecule has 0 atom stereocenters. The van der Waals surface area contributed by atoms with Gasteiger partial charge in [0.25, 0.3) is 5.91 Å². The Hall–Kier alpha value is -1.84. The zero-order valence-corrected chi connectivity index (χ0v) is 11.9. The first-order valence-electron chi connectivity index (χ1n) is 7.27. The Bertz CT molecular complexity index is 479. The lowest BCUT2D eigenvalue weighted by molar-refractivity contribution is -0.120. The molecule has 1 saturated carbocycles. The maximum absolute atomic E-state index is 11.9. The van der Waals surface area contributed by atoms with Crippen LogP contribution in [0.3, 0.4) is 0 Å². The van der Waals surface area contributed by atoms with Gasteiger partial charge in [0.15, 0.2) is 0 Å². The number of aryl methyl sites for hydroxylation is 1. The van der Waals surface area contributed by atoms with E-state index >= 15 is 0 Å². The van der Waals surface area contributed by atoms with Crippen molar-refractivity contribution in [2.45, 2.75) is 32.6 Å². The maximum Gasteiger partial charge on any atom is 0.251 e. The Labute approximate surface area is 119 Å². The van der Waals surface area contributed by atoms with Crippen LogP contribution in [-0.4, -0.2) is 24.9 Å². The van der Waals surface area contributed by atoms with Crippen molar-refractivity contribution in [3.63, 3.8) is 0 Å². The Morgan fingerprint density at radius 3 is 2.65 bits per heavy atom. The molecule has 1 fully saturated rings. The summed E-state index contributed by atoms with van der Waals surface area (Å²) in [4.78, 5) is 23.5. The molecule has 4 nitrogen and oxygen atoms in total. The summed E-state index contributed by atoms with van der Waals surface area (Å²) in [6.45, 7) is 2.71. The first-order valence-corrected chi connectivity index (χ1v) is 7.27. The minimum atomic E-state index is -0.204. The predicted octanol–water partition coefficient (Wildman–Crippen LogP) is 2.03. The lowest BCUT2D eigenvalue weighted by atomic mass is 10.1. The van der Waals surface area contributed by atoms with Crippen LogP contribution >= 0.6 is 0 Å². The first-order chi connectivity index (χ1) is 9.65. The molecule has 1 aromatic rings. The Balaban J connectivity index is 1.71. The second-order valence-corrected chi connectivity index (χ2v) is 5.51. The van der Waals surface area contributed by atoms with E-state index in [9.17, 15) is 9.59 Å². The molecule has 1 aliphatic carbocycles. The molecule has 0 aromatic heterocycles. The second-order valence-electron chi connectivity index (χ2n) is 5.51. The van der Waals surface area contributed by atoms with Gasteiger partial charge in [0.1, 0.15) is 0 Å². The summed E-state index contributed by atoms with van der Waals surface area (Å²) in [5.41, 5.74) is 1.62.